The van der Waals surface area contributed by atoms with E-state index in [9.17, 15) is 4.79 Å². The molecule has 24 heavy (non-hydrogen) atoms. The minimum Gasteiger partial charge on any atom is -0.328 e. The molecule has 0 atom stereocenters. The van der Waals surface area contributed by atoms with Crippen LogP contribution in [0.2, 0.25) is 0 Å². The van der Waals surface area contributed by atoms with Gasteiger partial charge in [0.1, 0.15) is 16.7 Å². The Bertz CT molecular complexity index is 1010. The van der Waals surface area contributed by atoms with E-state index < -0.39 is 0 Å². The number of rotatable bonds is 3. The van der Waals surface area contributed by atoms with Gasteiger partial charge in [0.15, 0.2) is 11.0 Å². The Kier molecular flexibility index (Phi) is 3.51. The van der Waals surface area contributed by atoms with Crippen LogP contribution in [0.15, 0.2) is 42.7 Å². The smallest absolute Gasteiger partial charge is 0.223 e. The van der Waals surface area contributed by atoms with Crippen molar-refractivity contribution in [3.05, 3.63) is 42.7 Å². The third-order valence-electron chi connectivity index (χ3n) is 3.41. The lowest BCUT2D eigenvalue weighted by Crippen LogP contribution is -2.04. The van der Waals surface area contributed by atoms with E-state index in [-0.39, 0.29) is 5.91 Å². The van der Waals surface area contributed by atoms with E-state index in [1.165, 1.54) is 18.3 Å². The Hall–Kier alpha value is -3.13. The van der Waals surface area contributed by atoms with Gasteiger partial charge in [-0.25, -0.2) is 9.97 Å². The van der Waals surface area contributed by atoms with Crippen LogP contribution < -0.4 is 5.32 Å². The lowest BCUT2D eigenvalue weighted by atomic mass is 10.1. The molecule has 4 rings (SSSR count). The first kappa shape index (κ1) is 14.5. The standard InChI is InChI=1S/C16H12N6OS/c1-9(23)19-16-21-13-7-6-12(20-15(13)24-16)10-2-4-11(5-3-10)14-17-8-18-22-14/h2-8H,1H3,(H,17,18,22)(H,19,21,23). The van der Waals surface area contributed by atoms with Crippen LogP contribution in [0.5, 0.6) is 0 Å². The van der Waals surface area contributed by atoms with E-state index in [2.05, 4.69) is 30.5 Å². The van der Waals surface area contributed by atoms with Crippen LogP contribution in [-0.4, -0.2) is 31.1 Å². The van der Waals surface area contributed by atoms with Gasteiger partial charge in [0.25, 0.3) is 0 Å². The third kappa shape index (κ3) is 2.74. The highest BCUT2D eigenvalue weighted by molar-refractivity contribution is 7.21. The Morgan fingerprint density at radius 1 is 1.08 bits per heavy atom. The molecule has 4 aromatic rings. The van der Waals surface area contributed by atoms with Gasteiger partial charge in [-0.3, -0.25) is 4.79 Å². The summed E-state index contributed by atoms with van der Waals surface area (Å²) in [4.78, 5) is 23.9. The summed E-state index contributed by atoms with van der Waals surface area (Å²) in [5.41, 5.74) is 3.58. The number of carbonyl (C=O) groups is 1. The van der Waals surface area contributed by atoms with E-state index >= 15 is 0 Å². The van der Waals surface area contributed by atoms with Crippen LogP contribution in [0.4, 0.5) is 5.13 Å². The van der Waals surface area contributed by atoms with Crippen molar-refractivity contribution < 1.29 is 4.79 Å². The molecule has 7 nitrogen and oxygen atoms in total. The van der Waals surface area contributed by atoms with E-state index in [1.54, 1.807) is 6.33 Å². The number of hydrogen-bond acceptors (Lipinski definition) is 6. The van der Waals surface area contributed by atoms with Crippen molar-refractivity contribution in [2.24, 2.45) is 0 Å². The van der Waals surface area contributed by atoms with Crippen LogP contribution in [-0.2, 0) is 4.79 Å². The fourth-order valence-electron chi connectivity index (χ4n) is 2.33. The Balaban J connectivity index is 1.67. The second-order valence-electron chi connectivity index (χ2n) is 5.14. The van der Waals surface area contributed by atoms with Crippen LogP contribution in [0.3, 0.4) is 0 Å². The topological polar surface area (TPSA) is 96.5 Å². The molecular formula is C16H12N6OS. The average molecular weight is 336 g/mol. The number of carbonyl (C=O) groups excluding carboxylic acids is 1. The maximum absolute atomic E-state index is 11.1. The van der Waals surface area contributed by atoms with Gasteiger partial charge in [-0.05, 0) is 12.1 Å². The molecule has 118 valence electrons. The number of pyridine rings is 1. The fraction of sp³-hybridized carbons (Fsp3) is 0.0625. The molecule has 1 aromatic carbocycles. The molecule has 8 heteroatoms. The minimum absolute atomic E-state index is 0.141. The van der Waals surface area contributed by atoms with Crippen molar-refractivity contribution in [2.75, 3.05) is 5.32 Å². The summed E-state index contributed by atoms with van der Waals surface area (Å²) in [6.45, 7) is 1.46. The molecule has 0 saturated carbocycles. The molecule has 0 radical (unpaired) electrons. The van der Waals surface area contributed by atoms with Gasteiger partial charge >= 0.3 is 0 Å². The predicted molar refractivity (Wildman–Crippen MR) is 92.5 cm³/mol. The monoisotopic (exact) mass is 336 g/mol. The first-order valence-corrected chi connectivity index (χ1v) is 8.03. The summed E-state index contributed by atoms with van der Waals surface area (Å²) >= 11 is 1.36. The highest BCUT2D eigenvalue weighted by atomic mass is 32.1. The first-order valence-electron chi connectivity index (χ1n) is 7.21. The van der Waals surface area contributed by atoms with Crippen LogP contribution >= 0.6 is 11.3 Å². The largest absolute Gasteiger partial charge is 0.328 e. The average Bonchev–Trinajstić information content (AvgIpc) is 3.23. The molecule has 3 heterocycles. The number of benzene rings is 1. The second kappa shape index (κ2) is 5.82. The zero-order chi connectivity index (χ0) is 16.5. The van der Waals surface area contributed by atoms with E-state index in [1.807, 2.05) is 36.4 Å². The molecule has 0 spiro atoms. The van der Waals surface area contributed by atoms with Gasteiger partial charge in [0.2, 0.25) is 5.91 Å². The van der Waals surface area contributed by atoms with E-state index in [4.69, 9.17) is 0 Å². The summed E-state index contributed by atoms with van der Waals surface area (Å²) in [7, 11) is 0. The highest BCUT2D eigenvalue weighted by Crippen LogP contribution is 2.28. The third-order valence-corrected chi connectivity index (χ3v) is 4.29. The summed E-state index contributed by atoms with van der Waals surface area (Å²) in [6.07, 6.45) is 1.55. The second-order valence-corrected chi connectivity index (χ2v) is 6.11. The molecule has 0 aliphatic rings. The number of aromatic nitrogens is 5. The summed E-state index contributed by atoms with van der Waals surface area (Å²) < 4.78 is 0. The quantitative estimate of drug-likeness (QED) is 0.599. The molecule has 3 aromatic heterocycles. The number of nitrogens with one attached hydrogen (secondary N) is 2. The van der Waals surface area contributed by atoms with Gasteiger partial charge in [-0.1, -0.05) is 35.6 Å². The Labute approximate surface area is 140 Å². The number of amides is 1. The van der Waals surface area contributed by atoms with Crippen molar-refractivity contribution in [1.29, 1.82) is 0 Å². The first-order chi connectivity index (χ1) is 11.7. The zero-order valence-corrected chi connectivity index (χ0v) is 13.5. The van der Waals surface area contributed by atoms with Gasteiger partial charge < -0.3 is 10.3 Å². The van der Waals surface area contributed by atoms with Crippen LogP contribution in [0, 0.1) is 0 Å². The van der Waals surface area contributed by atoms with Crippen molar-refractivity contribution >= 4 is 32.7 Å². The van der Waals surface area contributed by atoms with Crippen LogP contribution in [0.25, 0.3) is 33.0 Å². The number of nitrogens with zero attached hydrogens (tertiary/aromatic N) is 4. The molecule has 0 unspecified atom stereocenters. The zero-order valence-electron chi connectivity index (χ0n) is 12.6. The molecule has 0 aliphatic carbocycles. The maximum Gasteiger partial charge on any atom is 0.223 e. The fourth-order valence-corrected chi connectivity index (χ4v) is 3.21. The van der Waals surface area contributed by atoms with E-state index in [0.717, 1.165) is 33.0 Å². The number of anilines is 1. The minimum atomic E-state index is -0.141. The molecule has 0 aliphatic heterocycles. The van der Waals surface area contributed by atoms with Crippen molar-refractivity contribution in [2.45, 2.75) is 6.92 Å². The molecule has 0 saturated heterocycles. The summed E-state index contributed by atoms with van der Waals surface area (Å²) in [6, 6.07) is 11.7. The normalized spacial score (nSPS) is 10.9. The van der Waals surface area contributed by atoms with Crippen LogP contribution in [0.1, 0.15) is 6.92 Å². The lowest BCUT2D eigenvalue weighted by molar-refractivity contribution is -0.114. The number of fused-ring (bicyclic) bond motifs is 1. The van der Waals surface area contributed by atoms with Gasteiger partial charge in [0.05, 0.1) is 5.69 Å². The SMILES string of the molecule is CC(=O)Nc1nc2ccc(-c3ccc(-c4nnc[nH]4)cc3)nc2s1. The predicted octanol–water partition coefficient (Wildman–Crippen LogP) is 3.10. The lowest BCUT2D eigenvalue weighted by Gasteiger charge is -2.02. The highest BCUT2D eigenvalue weighted by Gasteiger charge is 2.09. The number of thiazole rings is 1. The molecule has 0 fully saturated rings. The maximum atomic E-state index is 11.1. The Morgan fingerprint density at radius 3 is 2.58 bits per heavy atom. The van der Waals surface area contributed by atoms with Gasteiger partial charge in [0, 0.05) is 18.1 Å². The van der Waals surface area contributed by atoms with Gasteiger partial charge in [-0.2, -0.15) is 0 Å². The number of hydrogen-bond donors (Lipinski definition) is 2. The van der Waals surface area contributed by atoms with Crippen molar-refractivity contribution in [3.63, 3.8) is 0 Å². The van der Waals surface area contributed by atoms with Crippen molar-refractivity contribution in [1.82, 2.24) is 25.1 Å². The molecule has 2 N–H and O–H groups in total. The molecular weight excluding hydrogens is 324 g/mol. The Morgan fingerprint density at radius 2 is 1.88 bits per heavy atom. The van der Waals surface area contributed by atoms with Gasteiger partial charge in [-0.15, -0.1) is 10.2 Å². The molecule has 1 amide bonds. The summed E-state index contributed by atoms with van der Waals surface area (Å²) in [5.74, 6) is 0.588. The number of aromatic amines is 1. The van der Waals surface area contributed by atoms with E-state index in [0.29, 0.717) is 5.13 Å². The summed E-state index contributed by atoms with van der Waals surface area (Å²) in [5, 5.41) is 11.0. The molecule has 0 bridgehead atoms. The van der Waals surface area contributed by atoms with Crippen molar-refractivity contribution in [3.8, 4) is 22.6 Å². The number of H-pyrrole nitrogens is 1.